The number of benzene rings is 2. The molecule has 1 aromatic heterocycles. The van der Waals surface area contributed by atoms with Gasteiger partial charge in [-0.25, -0.2) is 4.39 Å². The minimum atomic E-state index is -1.98. The number of hydrogen-bond donors (Lipinski definition) is 2. The summed E-state index contributed by atoms with van der Waals surface area (Å²) in [6, 6.07) is 8.93. The molecule has 0 bridgehead atoms. The Kier molecular flexibility index (Phi) is 5.03. The van der Waals surface area contributed by atoms with Gasteiger partial charge in [0.15, 0.2) is 0 Å². The summed E-state index contributed by atoms with van der Waals surface area (Å²) in [5.41, 5.74) is 9.17. The summed E-state index contributed by atoms with van der Waals surface area (Å²) in [7, 11) is 0. The minimum Gasteiger partial charge on any atom is -0.378 e. The van der Waals surface area contributed by atoms with Crippen LogP contribution in [0.15, 0.2) is 48.6 Å². The van der Waals surface area contributed by atoms with Gasteiger partial charge in [-0.2, -0.15) is 0 Å². The van der Waals surface area contributed by atoms with Crippen LogP contribution in [-0.2, 0) is 4.74 Å². The Labute approximate surface area is 188 Å². The van der Waals surface area contributed by atoms with Crippen LogP contribution in [-0.4, -0.2) is 53.1 Å². The molecule has 1 aliphatic carbocycles. The first kappa shape index (κ1) is 20.7. The lowest BCUT2D eigenvalue weighted by Crippen LogP contribution is -2.40. The van der Waals surface area contributed by atoms with E-state index >= 15 is 0 Å². The van der Waals surface area contributed by atoms with Gasteiger partial charge in [-0.1, -0.05) is 23.8 Å². The van der Waals surface area contributed by atoms with E-state index in [4.69, 9.17) is 22.1 Å². The number of fused-ring (bicyclic) bond motifs is 3. The second-order valence-corrected chi connectivity index (χ2v) is 8.72. The van der Waals surface area contributed by atoms with Crippen molar-refractivity contribution in [3.05, 3.63) is 65.3 Å². The SMILES string of the molecule is NC(=O)c1cc(C2=CC=CC(F)(Cl)C2)cc2c1[nH]c1ccc(C(=O)N3CCOCC3)cc12. The number of aromatic nitrogens is 1. The summed E-state index contributed by atoms with van der Waals surface area (Å²) in [5, 5.41) is -0.464. The van der Waals surface area contributed by atoms with Crippen molar-refractivity contribution in [3.63, 3.8) is 0 Å². The zero-order chi connectivity index (χ0) is 22.5. The average Bonchev–Trinajstić information content (AvgIpc) is 3.15. The number of halogens is 2. The van der Waals surface area contributed by atoms with Crippen molar-refractivity contribution >= 4 is 50.8 Å². The number of nitrogens with one attached hydrogen (secondary N) is 1. The molecule has 32 heavy (non-hydrogen) atoms. The number of morpholine rings is 1. The molecule has 0 saturated carbocycles. The number of amides is 2. The predicted molar refractivity (Wildman–Crippen MR) is 122 cm³/mol. The number of alkyl halides is 2. The number of carbonyl (C=O) groups is 2. The van der Waals surface area contributed by atoms with E-state index < -0.39 is 11.0 Å². The maximum absolute atomic E-state index is 14.4. The molecule has 0 spiro atoms. The van der Waals surface area contributed by atoms with Gasteiger partial charge in [0.25, 0.3) is 11.8 Å². The number of ether oxygens (including phenoxy) is 1. The molecule has 164 valence electrons. The van der Waals surface area contributed by atoms with Gasteiger partial charge in [-0.15, -0.1) is 0 Å². The lowest BCUT2D eigenvalue weighted by atomic mass is 9.92. The summed E-state index contributed by atoms with van der Waals surface area (Å²) < 4.78 is 19.7. The average molecular weight is 454 g/mol. The monoisotopic (exact) mass is 453 g/mol. The molecule has 1 atom stereocenters. The van der Waals surface area contributed by atoms with Crippen LogP contribution >= 0.6 is 11.6 Å². The molecule has 6 nitrogen and oxygen atoms in total. The normalized spacial score (nSPS) is 21.2. The molecule has 3 aromatic rings. The first-order chi connectivity index (χ1) is 15.3. The van der Waals surface area contributed by atoms with Crippen LogP contribution in [0.3, 0.4) is 0 Å². The summed E-state index contributed by atoms with van der Waals surface area (Å²) >= 11 is 5.90. The van der Waals surface area contributed by atoms with Crippen molar-refractivity contribution in [2.24, 2.45) is 5.73 Å². The summed E-state index contributed by atoms with van der Waals surface area (Å²) in [5.74, 6) is -0.669. The number of hydrogen-bond acceptors (Lipinski definition) is 3. The van der Waals surface area contributed by atoms with Gasteiger partial charge < -0.3 is 20.4 Å². The summed E-state index contributed by atoms with van der Waals surface area (Å²) in [6.45, 7) is 2.14. The van der Waals surface area contributed by atoms with Gasteiger partial charge in [0.1, 0.15) is 0 Å². The van der Waals surface area contributed by atoms with Gasteiger partial charge in [0.05, 0.1) is 24.3 Å². The first-order valence-corrected chi connectivity index (χ1v) is 10.7. The van der Waals surface area contributed by atoms with Crippen LogP contribution in [0.25, 0.3) is 27.4 Å². The van der Waals surface area contributed by atoms with E-state index in [2.05, 4.69) is 4.98 Å². The number of allylic oxidation sites excluding steroid dienone is 4. The van der Waals surface area contributed by atoms with E-state index in [1.165, 1.54) is 6.08 Å². The Morgan fingerprint density at radius 1 is 1.16 bits per heavy atom. The van der Waals surface area contributed by atoms with Crippen molar-refractivity contribution in [2.75, 3.05) is 26.3 Å². The van der Waals surface area contributed by atoms with Crippen LogP contribution in [0.5, 0.6) is 0 Å². The fourth-order valence-corrected chi connectivity index (χ4v) is 4.55. The summed E-state index contributed by atoms with van der Waals surface area (Å²) in [4.78, 5) is 30.2. The van der Waals surface area contributed by atoms with Gasteiger partial charge in [0.2, 0.25) is 5.13 Å². The van der Waals surface area contributed by atoms with Crippen molar-refractivity contribution in [3.8, 4) is 0 Å². The van der Waals surface area contributed by atoms with E-state index in [0.717, 1.165) is 16.3 Å². The maximum Gasteiger partial charge on any atom is 0.254 e. The Morgan fingerprint density at radius 3 is 2.66 bits per heavy atom. The number of nitrogens with two attached hydrogens (primary N) is 1. The third kappa shape index (κ3) is 3.67. The highest BCUT2D eigenvalue weighted by Gasteiger charge is 2.28. The predicted octanol–water partition coefficient (Wildman–Crippen LogP) is 4.14. The standard InChI is InChI=1S/C24H21ClFN3O3/c25-24(26)5-1-2-15(13-24)16-11-18-17-10-14(23(31)29-6-8-32-9-7-29)3-4-20(17)28-21(18)19(12-16)22(27)30/h1-5,10-12,28H,6-9,13H2,(H2,27,30). The fraction of sp³-hybridized carbons (Fsp3) is 0.250. The third-order valence-corrected chi connectivity index (χ3v) is 6.21. The molecule has 2 aliphatic rings. The maximum atomic E-state index is 14.4. The number of aromatic amines is 1. The largest absolute Gasteiger partial charge is 0.378 e. The minimum absolute atomic E-state index is 0.0299. The molecular weight excluding hydrogens is 433 g/mol. The Morgan fingerprint density at radius 2 is 1.94 bits per heavy atom. The number of rotatable bonds is 3. The first-order valence-electron chi connectivity index (χ1n) is 10.4. The molecule has 8 heteroatoms. The van der Waals surface area contributed by atoms with Crippen molar-refractivity contribution in [2.45, 2.75) is 11.5 Å². The molecule has 5 rings (SSSR count). The van der Waals surface area contributed by atoms with E-state index in [1.54, 1.807) is 29.2 Å². The highest BCUT2D eigenvalue weighted by Crippen LogP contribution is 2.38. The quantitative estimate of drug-likeness (QED) is 0.584. The Bertz CT molecular complexity index is 1320. The van der Waals surface area contributed by atoms with Crippen LogP contribution in [0.1, 0.15) is 32.7 Å². The van der Waals surface area contributed by atoms with Gasteiger partial charge in [-0.05, 0) is 47.5 Å². The van der Waals surface area contributed by atoms with Crippen LogP contribution in [0, 0.1) is 0 Å². The second-order valence-electron chi connectivity index (χ2n) is 8.09. The van der Waals surface area contributed by atoms with E-state index in [-0.39, 0.29) is 12.3 Å². The molecule has 2 amide bonds. The molecule has 2 heterocycles. The number of carbonyl (C=O) groups excluding carboxylic acids is 2. The fourth-order valence-electron chi connectivity index (χ4n) is 4.34. The van der Waals surface area contributed by atoms with Crippen LogP contribution in [0.2, 0.25) is 0 Å². The zero-order valence-electron chi connectivity index (χ0n) is 17.2. The smallest absolute Gasteiger partial charge is 0.254 e. The van der Waals surface area contributed by atoms with E-state index in [9.17, 15) is 14.0 Å². The molecule has 1 aliphatic heterocycles. The van der Waals surface area contributed by atoms with E-state index in [1.807, 2.05) is 18.2 Å². The van der Waals surface area contributed by atoms with Gasteiger partial charge >= 0.3 is 0 Å². The molecule has 1 unspecified atom stereocenters. The number of nitrogens with zero attached hydrogens (tertiary/aromatic N) is 1. The second kappa shape index (κ2) is 7.76. The van der Waals surface area contributed by atoms with Crippen molar-refractivity contribution in [1.29, 1.82) is 0 Å². The lowest BCUT2D eigenvalue weighted by molar-refractivity contribution is 0.0303. The Balaban J connectivity index is 1.66. The Hall–Kier alpha value is -3.16. The molecule has 1 saturated heterocycles. The van der Waals surface area contributed by atoms with Crippen LogP contribution < -0.4 is 5.73 Å². The molecule has 1 fully saturated rings. The van der Waals surface area contributed by atoms with Crippen molar-refractivity contribution < 1.29 is 18.7 Å². The number of primary amides is 1. The zero-order valence-corrected chi connectivity index (χ0v) is 17.9. The topological polar surface area (TPSA) is 88.4 Å². The van der Waals surface area contributed by atoms with Crippen molar-refractivity contribution in [1.82, 2.24) is 9.88 Å². The van der Waals surface area contributed by atoms with E-state index in [0.29, 0.717) is 54.1 Å². The molecule has 0 radical (unpaired) electrons. The van der Waals surface area contributed by atoms with Gasteiger partial charge in [0, 0.05) is 41.4 Å². The third-order valence-electron chi connectivity index (χ3n) is 5.95. The molecular formula is C24H21ClFN3O3. The molecule has 3 N–H and O–H groups in total. The summed E-state index contributed by atoms with van der Waals surface area (Å²) in [6.07, 6.45) is 4.60. The lowest BCUT2D eigenvalue weighted by Gasteiger charge is -2.26. The van der Waals surface area contributed by atoms with Gasteiger partial charge in [-0.3, -0.25) is 9.59 Å². The molecule has 2 aromatic carbocycles. The van der Waals surface area contributed by atoms with Crippen LogP contribution in [0.4, 0.5) is 4.39 Å². The highest BCUT2D eigenvalue weighted by molar-refractivity contribution is 6.25. The number of H-pyrrole nitrogens is 1. The highest BCUT2D eigenvalue weighted by atomic mass is 35.5.